The Hall–Kier alpha value is -3.40. The summed E-state index contributed by atoms with van der Waals surface area (Å²) in [7, 11) is 1.58. The molecule has 0 aliphatic carbocycles. The number of carbonyl (C=O) groups excluding carboxylic acids is 2. The van der Waals surface area contributed by atoms with Gasteiger partial charge in [0.15, 0.2) is 5.78 Å². The van der Waals surface area contributed by atoms with Gasteiger partial charge in [-0.25, -0.2) is 9.48 Å². The van der Waals surface area contributed by atoms with Gasteiger partial charge in [-0.15, -0.1) is 5.10 Å². The molecule has 3 rings (SSSR count). The SMILES string of the molecule is CCC(NC(=O)OCc1ccccc1)C(=O)Cn1nnnc1Sc1ccccc1OC. The molecule has 0 aliphatic rings. The Labute approximate surface area is 184 Å². The van der Waals surface area contributed by atoms with Crippen LogP contribution in [0.15, 0.2) is 64.6 Å². The topological polar surface area (TPSA) is 108 Å². The van der Waals surface area contributed by atoms with E-state index >= 15 is 0 Å². The van der Waals surface area contributed by atoms with Crippen molar-refractivity contribution >= 4 is 23.6 Å². The predicted molar refractivity (Wildman–Crippen MR) is 114 cm³/mol. The molecule has 0 aliphatic heterocycles. The number of rotatable bonds is 10. The van der Waals surface area contributed by atoms with Crippen molar-refractivity contribution in [3.05, 3.63) is 60.2 Å². The number of hydrogen-bond acceptors (Lipinski definition) is 8. The number of amides is 1. The van der Waals surface area contributed by atoms with Crippen LogP contribution in [0.2, 0.25) is 0 Å². The lowest BCUT2D eigenvalue weighted by Gasteiger charge is -2.16. The molecule has 10 heteroatoms. The second-order valence-electron chi connectivity index (χ2n) is 6.51. The van der Waals surface area contributed by atoms with Crippen LogP contribution >= 0.6 is 11.8 Å². The number of tetrazole rings is 1. The number of ether oxygens (including phenoxy) is 2. The highest BCUT2D eigenvalue weighted by molar-refractivity contribution is 7.99. The van der Waals surface area contributed by atoms with E-state index in [-0.39, 0.29) is 18.9 Å². The van der Waals surface area contributed by atoms with E-state index in [0.717, 1.165) is 10.5 Å². The molecule has 3 aromatic rings. The van der Waals surface area contributed by atoms with Crippen molar-refractivity contribution in [3.8, 4) is 5.75 Å². The maximum absolute atomic E-state index is 12.8. The molecule has 31 heavy (non-hydrogen) atoms. The van der Waals surface area contributed by atoms with Gasteiger partial charge in [0.2, 0.25) is 5.16 Å². The van der Waals surface area contributed by atoms with Crippen LogP contribution in [0.3, 0.4) is 0 Å². The van der Waals surface area contributed by atoms with Crippen molar-refractivity contribution in [2.75, 3.05) is 7.11 Å². The molecule has 1 unspecified atom stereocenters. The molecule has 9 nitrogen and oxygen atoms in total. The smallest absolute Gasteiger partial charge is 0.408 e. The summed E-state index contributed by atoms with van der Waals surface area (Å²) < 4.78 is 12.0. The van der Waals surface area contributed by atoms with E-state index in [4.69, 9.17) is 9.47 Å². The molecule has 162 valence electrons. The second-order valence-corrected chi connectivity index (χ2v) is 7.51. The van der Waals surface area contributed by atoms with E-state index in [1.807, 2.05) is 61.5 Å². The molecule has 1 atom stereocenters. The van der Waals surface area contributed by atoms with Gasteiger partial charge in [-0.3, -0.25) is 4.79 Å². The number of carbonyl (C=O) groups is 2. The van der Waals surface area contributed by atoms with Gasteiger partial charge in [0.1, 0.15) is 18.9 Å². The number of benzene rings is 2. The first-order valence-electron chi connectivity index (χ1n) is 9.67. The number of alkyl carbamates (subject to hydrolysis) is 1. The Morgan fingerprint density at radius 1 is 1.13 bits per heavy atom. The zero-order valence-corrected chi connectivity index (χ0v) is 18.0. The fourth-order valence-corrected chi connectivity index (χ4v) is 3.62. The summed E-state index contributed by atoms with van der Waals surface area (Å²) in [4.78, 5) is 25.7. The number of methoxy groups -OCH3 is 1. The lowest BCUT2D eigenvalue weighted by atomic mass is 10.1. The summed E-state index contributed by atoms with van der Waals surface area (Å²) in [5.41, 5.74) is 0.865. The lowest BCUT2D eigenvalue weighted by Crippen LogP contribution is -2.42. The zero-order valence-electron chi connectivity index (χ0n) is 17.2. The molecule has 0 spiro atoms. The summed E-state index contributed by atoms with van der Waals surface area (Å²) in [5.74, 6) is 0.455. The minimum Gasteiger partial charge on any atom is -0.496 e. The molecule has 0 bridgehead atoms. The van der Waals surface area contributed by atoms with Gasteiger partial charge < -0.3 is 14.8 Å². The largest absolute Gasteiger partial charge is 0.496 e. The van der Waals surface area contributed by atoms with Crippen molar-refractivity contribution in [2.45, 2.75) is 42.6 Å². The van der Waals surface area contributed by atoms with Crippen LogP contribution in [0.4, 0.5) is 4.79 Å². The van der Waals surface area contributed by atoms with Gasteiger partial charge in [-0.1, -0.05) is 49.4 Å². The average Bonchev–Trinajstić information content (AvgIpc) is 3.23. The molecule has 1 N–H and O–H groups in total. The normalized spacial score (nSPS) is 11.5. The van der Waals surface area contributed by atoms with Gasteiger partial charge in [0.25, 0.3) is 0 Å². The first-order valence-corrected chi connectivity index (χ1v) is 10.5. The number of hydrogen-bond donors (Lipinski definition) is 1. The molecular weight excluding hydrogens is 418 g/mol. The van der Waals surface area contributed by atoms with Gasteiger partial charge in [0, 0.05) is 0 Å². The quantitative estimate of drug-likeness (QED) is 0.511. The number of Topliss-reactive ketones (excluding diaryl/α,β-unsaturated/α-hetero) is 1. The Morgan fingerprint density at radius 3 is 2.61 bits per heavy atom. The van der Waals surface area contributed by atoms with Crippen molar-refractivity contribution in [1.29, 1.82) is 0 Å². The Balaban J connectivity index is 1.58. The summed E-state index contributed by atoms with van der Waals surface area (Å²) >= 11 is 1.29. The summed E-state index contributed by atoms with van der Waals surface area (Å²) in [6.45, 7) is 1.86. The van der Waals surface area contributed by atoms with Crippen molar-refractivity contribution in [1.82, 2.24) is 25.5 Å². The molecule has 2 aromatic carbocycles. The highest BCUT2D eigenvalue weighted by atomic mass is 32.2. The first kappa shape index (κ1) is 22.3. The maximum atomic E-state index is 12.8. The molecule has 1 heterocycles. The third kappa shape index (κ3) is 6.29. The van der Waals surface area contributed by atoms with Gasteiger partial charge in [0.05, 0.1) is 18.0 Å². The van der Waals surface area contributed by atoms with Crippen LogP contribution in [-0.2, 0) is 22.7 Å². The molecule has 0 fully saturated rings. The zero-order chi connectivity index (χ0) is 22.1. The van der Waals surface area contributed by atoms with E-state index in [9.17, 15) is 9.59 Å². The number of nitrogens with zero attached hydrogens (tertiary/aromatic N) is 4. The number of para-hydroxylation sites is 1. The number of nitrogens with one attached hydrogen (secondary N) is 1. The summed E-state index contributed by atoms with van der Waals surface area (Å²) in [6.07, 6.45) is -0.236. The summed E-state index contributed by atoms with van der Waals surface area (Å²) in [5, 5.41) is 14.6. The maximum Gasteiger partial charge on any atom is 0.408 e. The standard InChI is InChI=1S/C21H23N5O4S/c1-3-16(22-21(28)30-14-15-9-5-4-6-10-15)17(27)13-26-20(23-24-25-26)31-19-12-8-7-11-18(19)29-2/h4-12,16H,3,13-14H2,1-2H3,(H,22,28). The molecular formula is C21H23N5O4S. The Kier molecular flexibility index (Phi) is 7.99. The van der Waals surface area contributed by atoms with Crippen LogP contribution < -0.4 is 10.1 Å². The minimum atomic E-state index is -0.711. The summed E-state index contributed by atoms with van der Waals surface area (Å²) in [6, 6.07) is 16.1. The predicted octanol–water partition coefficient (Wildman–Crippen LogP) is 3.11. The fourth-order valence-electron chi connectivity index (χ4n) is 2.75. The number of ketones is 1. The van der Waals surface area contributed by atoms with E-state index in [1.54, 1.807) is 7.11 Å². The van der Waals surface area contributed by atoms with E-state index < -0.39 is 12.1 Å². The third-order valence-corrected chi connectivity index (χ3v) is 5.41. The van der Waals surface area contributed by atoms with Crippen LogP contribution in [-0.4, -0.2) is 45.2 Å². The number of aromatic nitrogens is 4. The van der Waals surface area contributed by atoms with Crippen LogP contribution in [0.1, 0.15) is 18.9 Å². The molecule has 0 radical (unpaired) electrons. The Bertz CT molecular complexity index is 1010. The van der Waals surface area contributed by atoms with Crippen LogP contribution in [0.5, 0.6) is 5.75 Å². The van der Waals surface area contributed by atoms with Crippen LogP contribution in [0.25, 0.3) is 0 Å². The van der Waals surface area contributed by atoms with Crippen molar-refractivity contribution in [2.24, 2.45) is 0 Å². The molecule has 1 amide bonds. The van der Waals surface area contributed by atoms with Gasteiger partial charge >= 0.3 is 6.09 Å². The minimum absolute atomic E-state index is 0.0814. The molecule has 1 aromatic heterocycles. The lowest BCUT2D eigenvalue weighted by molar-refractivity contribution is -0.122. The second kappa shape index (κ2) is 11.1. The van der Waals surface area contributed by atoms with Gasteiger partial charge in [-0.2, -0.15) is 0 Å². The third-order valence-electron chi connectivity index (χ3n) is 4.38. The molecule has 0 saturated heterocycles. The highest BCUT2D eigenvalue weighted by Crippen LogP contribution is 2.33. The highest BCUT2D eigenvalue weighted by Gasteiger charge is 2.22. The average molecular weight is 442 g/mol. The van der Waals surface area contributed by atoms with E-state index in [1.165, 1.54) is 16.4 Å². The van der Waals surface area contributed by atoms with Crippen LogP contribution in [0, 0.1) is 0 Å². The fraction of sp³-hybridized carbons (Fsp3) is 0.286. The monoisotopic (exact) mass is 441 g/mol. The van der Waals surface area contributed by atoms with E-state index in [0.29, 0.717) is 17.3 Å². The molecule has 0 saturated carbocycles. The van der Waals surface area contributed by atoms with Crippen molar-refractivity contribution < 1.29 is 19.1 Å². The van der Waals surface area contributed by atoms with Gasteiger partial charge in [-0.05, 0) is 46.3 Å². The van der Waals surface area contributed by atoms with Crippen molar-refractivity contribution in [3.63, 3.8) is 0 Å². The van der Waals surface area contributed by atoms with E-state index in [2.05, 4.69) is 20.8 Å². The Morgan fingerprint density at radius 2 is 1.87 bits per heavy atom. The first-order chi connectivity index (χ1) is 15.1.